The van der Waals surface area contributed by atoms with E-state index >= 15 is 0 Å². The molecule has 1 fully saturated rings. The monoisotopic (exact) mass is 251 g/mol. The highest BCUT2D eigenvalue weighted by molar-refractivity contribution is 5.34. The Morgan fingerprint density at radius 3 is 1.84 bits per heavy atom. The molecule has 1 aliphatic rings. The quantitative estimate of drug-likeness (QED) is 0.870. The summed E-state index contributed by atoms with van der Waals surface area (Å²) in [5, 5.41) is 3.72. The first-order valence-corrected chi connectivity index (χ1v) is 7.28. The molecular formula is C18H21N. The lowest BCUT2D eigenvalue weighted by molar-refractivity contribution is 0.372. The first-order chi connectivity index (χ1) is 9.45. The molecule has 1 saturated heterocycles. The molecule has 0 aromatic heterocycles. The number of piperidine rings is 1. The second kappa shape index (κ2) is 6.03. The van der Waals surface area contributed by atoms with Crippen molar-refractivity contribution in [2.75, 3.05) is 6.54 Å². The van der Waals surface area contributed by atoms with E-state index in [1.165, 1.54) is 30.4 Å². The fourth-order valence-corrected chi connectivity index (χ4v) is 3.14. The summed E-state index contributed by atoms with van der Waals surface area (Å²) in [6, 6.07) is 22.4. The number of benzene rings is 2. The van der Waals surface area contributed by atoms with Crippen LogP contribution in [0.3, 0.4) is 0 Å². The van der Waals surface area contributed by atoms with Gasteiger partial charge in [-0.3, -0.25) is 0 Å². The van der Waals surface area contributed by atoms with Crippen LogP contribution in [-0.2, 0) is 0 Å². The molecule has 0 amide bonds. The maximum Gasteiger partial charge on any atom is 0.0243 e. The summed E-state index contributed by atoms with van der Waals surface area (Å²) in [6.45, 7) is 1.15. The van der Waals surface area contributed by atoms with E-state index in [1.807, 2.05) is 0 Å². The minimum absolute atomic E-state index is 0.475. The van der Waals surface area contributed by atoms with Gasteiger partial charge in [0.15, 0.2) is 0 Å². The molecular weight excluding hydrogens is 230 g/mol. The molecule has 2 aromatic carbocycles. The van der Waals surface area contributed by atoms with Gasteiger partial charge in [-0.25, -0.2) is 0 Å². The molecule has 0 aliphatic carbocycles. The average molecular weight is 251 g/mol. The van der Waals surface area contributed by atoms with Crippen molar-refractivity contribution in [3.8, 4) is 0 Å². The van der Waals surface area contributed by atoms with Crippen molar-refractivity contribution in [2.45, 2.75) is 31.2 Å². The fourth-order valence-electron chi connectivity index (χ4n) is 3.14. The van der Waals surface area contributed by atoms with Gasteiger partial charge in [0.25, 0.3) is 0 Å². The number of hydrogen-bond acceptors (Lipinski definition) is 1. The van der Waals surface area contributed by atoms with E-state index < -0.39 is 0 Å². The molecule has 1 nitrogen and oxygen atoms in total. The average Bonchev–Trinajstić information content (AvgIpc) is 2.51. The first kappa shape index (κ1) is 12.4. The molecule has 98 valence electrons. The lowest BCUT2D eigenvalue weighted by Gasteiger charge is -2.32. The Bertz CT molecular complexity index is 446. The van der Waals surface area contributed by atoms with Crippen LogP contribution >= 0.6 is 0 Å². The summed E-state index contributed by atoms with van der Waals surface area (Å²) in [6.07, 6.45) is 3.93. The van der Waals surface area contributed by atoms with Crippen molar-refractivity contribution in [1.82, 2.24) is 5.32 Å². The van der Waals surface area contributed by atoms with Crippen LogP contribution in [-0.4, -0.2) is 12.6 Å². The maximum absolute atomic E-state index is 3.72. The minimum atomic E-state index is 0.475. The highest BCUT2D eigenvalue weighted by atomic mass is 14.9. The lowest BCUT2D eigenvalue weighted by atomic mass is 9.81. The molecule has 0 bridgehead atoms. The normalized spacial score (nSPS) is 19.5. The van der Waals surface area contributed by atoms with Gasteiger partial charge in [-0.1, -0.05) is 67.1 Å². The predicted molar refractivity (Wildman–Crippen MR) is 80.4 cm³/mol. The van der Waals surface area contributed by atoms with E-state index in [4.69, 9.17) is 0 Å². The highest BCUT2D eigenvalue weighted by Crippen LogP contribution is 2.31. The molecule has 1 atom stereocenters. The third kappa shape index (κ3) is 2.87. The molecule has 1 aliphatic heterocycles. The second-order valence-electron chi connectivity index (χ2n) is 5.36. The van der Waals surface area contributed by atoms with Crippen LogP contribution in [0.1, 0.15) is 36.3 Å². The van der Waals surface area contributed by atoms with Gasteiger partial charge in [0, 0.05) is 12.0 Å². The Morgan fingerprint density at radius 2 is 1.37 bits per heavy atom. The molecule has 0 radical (unpaired) electrons. The van der Waals surface area contributed by atoms with Crippen LogP contribution in [0.5, 0.6) is 0 Å². The molecule has 0 saturated carbocycles. The number of hydrogen-bond donors (Lipinski definition) is 1. The van der Waals surface area contributed by atoms with Crippen molar-refractivity contribution in [3.63, 3.8) is 0 Å². The van der Waals surface area contributed by atoms with E-state index in [2.05, 4.69) is 66.0 Å². The van der Waals surface area contributed by atoms with Crippen LogP contribution in [0.15, 0.2) is 60.7 Å². The fraction of sp³-hybridized carbons (Fsp3) is 0.333. The van der Waals surface area contributed by atoms with Gasteiger partial charge in [0.2, 0.25) is 0 Å². The van der Waals surface area contributed by atoms with Crippen molar-refractivity contribution < 1.29 is 0 Å². The zero-order valence-electron chi connectivity index (χ0n) is 11.3. The smallest absolute Gasteiger partial charge is 0.0243 e. The van der Waals surface area contributed by atoms with E-state index in [-0.39, 0.29) is 0 Å². The molecule has 1 unspecified atom stereocenters. The van der Waals surface area contributed by atoms with E-state index in [1.54, 1.807) is 0 Å². The number of rotatable bonds is 3. The Labute approximate surface area is 115 Å². The summed E-state index contributed by atoms with van der Waals surface area (Å²) < 4.78 is 0. The summed E-state index contributed by atoms with van der Waals surface area (Å²) >= 11 is 0. The van der Waals surface area contributed by atoms with Crippen LogP contribution in [0.2, 0.25) is 0 Å². The zero-order chi connectivity index (χ0) is 12.9. The van der Waals surface area contributed by atoms with Gasteiger partial charge >= 0.3 is 0 Å². The standard InChI is InChI=1S/C18H21N/c1-3-9-15(10-4-1)18(16-11-5-2-6-12-16)17-13-7-8-14-19-17/h1-6,9-12,17-19H,7-8,13-14H2. The maximum atomic E-state index is 3.72. The molecule has 0 spiro atoms. The first-order valence-electron chi connectivity index (χ1n) is 7.28. The second-order valence-corrected chi connectivity index (χ2v) is 5.36. The zero-order valence-corrected chi connectivity index (χ0v) is 11.3. The molecule has 19 heavy (non-hydrogen) atoms. The van der Waals surface area contributed by atoms with Gasteiger partial charge in [0.1, 0.15) is 0 Å². The van der Waals surface area contributed by atoms with Gasteiger partial charge in [0.05, 0.1) is 0 Å². The molecule has 3 rings (SSSR count). The van der Waals surface area contributed by atoms with Gasteiger partial charge in [-0.05, 0) is 30.5 Å². The molecule has 1 N–H and O–H groups in total. The molecule has 2 aromatic rings. The largest absolute Gasteiger partial charge is 0.313 e. The van der Waals surface area contributed by atoms with Crippen LogP contribution in [0, 0.1) is 0 Å². The van der Waals surface area contributed by atoms with E-state index in [9.17, 15) is 0 Å². The SMILES string of the molecule is c1ccc(C(c2ccccc2)C2CCCCN2)cc1. The predicted octanol–water partition coefficient (Wildman–Crippen LogP) is 3.96. The Kier molecular flexibility index (Phi) is 3.95. The third-order valence-corrected chi connectivity index (χ3v) is 4.07. The van der Waals surface area contributed by atoms with Crippen molar-refractivity contribution >= 4 is 0 Å². The lowest BCUT2D eigenvalue weighted by Crippen LogP contribution is -2.39. The summed E-state index contributed by atoms with van der Waals surface area (Å²) in [5.74, 6) is 0.475. The number of nitrogens with one attached hydrogen (secondary N) is 1. The van der Waals surface area contributed by atoms with Crippen LogP contribution in [0.4, 0.5) is 0 Å². The molecule has 1 heterocycles. The van der Waals surface area contributed by atoms with Crippen LogP contribution < -0.4 is 5.32 Å². The van der Waals surface area contributed by atoms with Gasteiger partial charge < -0.3 is 5.32 Å². The van der Waals surface area contributed by atoms with Crippen LogP contribution in [0.25, 0.3) is 0 Å². The topological polar surface area (TPSA) is 12.0 Å². The Hall–Kier alpha value is -1.60. The summed E-state index contributed by atoms with van der Waals surface area (Å²) in [4.78, 5) is 0. The van der Waals surface area contributed by atoms with E-state index in [0.29, 0.717) is 12.0 Å². The third-order valence-electron chi connectivity index (χ3n) is 4.07. The summed E-state index contributed by atoms with van der Waals surface area (Å²) in [7, 11) is 0. The Balaban J connectivity index is 1.96. The van der Waals surface area contributed by atoms with Crippen molar-refractivity contribution in [2.24, 2.45) is 0 Å². The minimum Gasteiger partial charge on any atom is -0.313 e. The van der Waals surface area contributed by atoms with Gasteiger partial charge in [-0.15, -0.1) is 0 Å². The van der Waals surface area contributed by atoms with Crippen molar-refractivity contribution in [3.05, 3.63) is 71.8 Å². The van der Waals surface area contributed by atoms with E-state index in [0.717, 1.165) is 6.54 Å². The summed E-state index contributed by atoms with van der Waals surface area (Å²) in [5.41, 5.74) is 2.85. The van der Waals surface area contributed by atoms with Gasteiger partial charge in [-0.2, -0.15) is 0 Å². The molecule has 1 heteroatoms. The highest BCUT2D eigenvalue weighted by Gasteiger charge is 2.25. The Morgan fingerprint density at radius 1 is 0.789 bits per heavy atom. The van der Waals surface area contributed by atoms with Crippen molar-refractivity contribution in [1.29, 1.82) is 0 Å².